The SMILES string of the molecule is COC(=O)OCN1C(=O)c2ccccc2C1=O. The lowest BCUT2D eigenvalue weighted by atomic mass is 10.1. The third-order valence-corrected chi connectivity index (χ3v) is 2.36. The van der Waals surface area contributed by atoms with E-state index in [9.17, 15) is 14.4 Å². The average Bonchev–Trinajstić information content (AvgIpc) is 2.60. The van der Waals surface area contributed by atoms with Gasteiger partial charge in [0.15, 0.2) is 6.73 Å². The summed E-state index contributed by atoms with van der Waals surface area (Å²) in [6, 6.07) is 6.42. The summed E-state index contributed by atoms with van der Waals surface area (Å²) in [4.78, 5) is 35.2. The van der Waals surface area contributed by atoms with Gasteiger partial charge < -0.3 is 9.47 Å². The zero-order valence-corrected chi connectivity index (χ0v) is 9.00. The van der Waals surface area contributed by atoms with Crippen LogP contribution in [0.3, 0.4) is 0 Å². The Morgan fingerprint density at radius 1 is 1.18 bits per heavy atom. The molecular formula is C11H9NO5. The number of nitrogens with zero attached hydrogens (tertiary/aromatic N) is 1. The number of carbonyl (C=O) groups is 3. The summed E-state index contributed by atoms with van der Waals surface area (Å²) >= 11 is 0. The highest BCUT2D eigenvalue weighted by Gasteiger charge is 2.35. The number of rotatable bonds is 2. The first-order valence-electron chi connectivity index (χ1n) is 4.81. The molecule has 2 amide bonds. The topological polar surface area (TPSA) is 72.9 Å². The molecule has 1 aliphatic rings. The molecule has 0 N–H and O–H groups in total. The van der Waals surface area contributed by atoms with Gasteiger partial charge in [0.25, 0.3) is 11.8 Å². The zero-order valence-electron chi connectivity index (χ0n) is 9.00. The van der Waals surface area contributed by atoms with Crippen LogP contribution < -0.4 is 0 Å². The van der Waals surface area contributed by atoms with Crippen LogP contribution in [0.25, 0.3) is 0 Å². The standard InChI is InChI=1S/C11H9NO5/c1-16-11(15)17-6-12-9(13)7-4-2-3-5-8(7)10(12)14/h2-5H,6H2,1H3. The van der Waals surface area contributed by atoms with Gasteiger partial charge in [-0.2, -0.15) is 0 Å². The fourth-order valence-corrected chi connectivity index (χ4v) is 1.53. The van der Waals surface area contributed by atoms with Crippen molar-refractivity contribution in [2.24, 2.45) is 0 Å². The van der Waals surface area contributed by atoms with Crippen LogP contribution >= 0.6 is 0 Å². The molecule has 0 spiro atoms. The van der Waals surface area contributed by atoms with Gasteiger partial charge in [-0.05, 0) is 12.1 Å². The molecule has 6 heteroatoms. The van der Waals surface area contributed by atoms with Crippen molar-refractivity contribution in [1.82, 2.24) is 4.90 Å². The Hall–Kier alpha value is -2.37. The Kier molecular flexibility index (Phi) is 2.78. The van der Waals surface area contributed by atoms with Crippen molar-refractivity contribution in [3.63, 3.8) is 0 Å². The summed E-state index contributed by atoms with van der Waals surface area (Å²) in [5, 5.41) is 0. The van der Waals surface area contributed by atoms with E-state index in [1.807, 2.05) is 0 Å². The summed E-state index contributed by atoms with van der Waals surface area (Å²) in [7, 11) is 1.14. The molecule has 0 bridgehead atoms. The molecule has 88 valence electrons. The van der Waals surface area contributed by atoms with Crippen molar-refractivity contribution in [2.75, 3.05) is 13.8 Å². The second-order valence-electron chi connectivity index (χ2n) is 3.31. The molecule has 1 aliphatic heterocycles. The molecule has 0 saturated carbocycles. The maximum Gasteiger partial charge on any atom is 0.509 e. The molecule has 0 atom stereocenters. The van der Waals surface area contributed by atoms with E-state index in [1.54, 1.807) is 24.3 Å². The minimum Gasteiger partial charge on any atom is -0.438 e. The predicted molar refractivity (Wildman–Crippen MR) is 55.3 cm³/mol. The van der Waals surface area contributed by atoms with Gasteiger partial charge in [-0.1, -0.05) is 12.1 Å². The quantitative estimate of drug-likeness (QED) is 0.565. The first-order chi connectivity index (χ1) is 8.15. The summed E-state index contributed by atoms with van der Waals surface area (Å²) < 4.78 is 8.82. The van der Waals surface area contributed by atoms with Gasteiger partial charge >= 0.3 is 6.16 Å². The smallest absolute Gasteiger partial charge is 0.438 e. The maximum absolute atomic E-state index is 11.8. The lowest BCUT2D eigenvalue weighted by molar-refractivity contribution is 0.0241. The van der Waals surface area contributed by atoms with Crippen LogP contribution in [0, 0.1) is 0 Å². The number of imide groups is 1. The van der Waals surface area contributed by atoms with Crippen molar-refractivity contribution in [1.29, 1.82) is 0 Å². The minimum atomic E-state index is -0.943. The normalized spacial score (nSPS) is 13.6. The molecule has 0 aliphatic carbocycles. The number of hydrogen-bond donors (Lipinski definition) is 0. The van der Waals surface area contributed by atoms with Gasteiger partial charge in [0.2, 0.25) is 0 Å². The number of benzene rings is 1. The first kappa shape index (κ1) is 11.1. The highest BCUT2D eigenvalue weighted by atomic mass is 16.7. The lowest BCUT2D eigenvalue weighted by Gasteiger charge is -2.12. The summed E-state index contributed by atoms with van der Waals surface area (Å²) in [6.45, 7) is -0.445. The van der Waals surface area contributed by atoms with E-state index in [0.717, 1.165) is 12.0 Å². The van der Waals surface area contributed by atoms with E-state index < -0.39 is 24.7 Å². The van der Waals surface area contributed by atoms with Crippen molar-refractivity contribution in [2.45, 2.75) is 0 Å². The Morgan fingerprint density at radius 3 is 2.18 bits per heavy atom. The van der Waals surface area contributed by atoms with Crippen molar-refractivity contribution in [3.8, 4) is 0 Å². The molecule has 2 rings (SSSR count). The molecule has 1 aromatic rings. The molecule has 0 radical (unpaired) electrons. The van der Waals surface area contributed by atoms with E-state index in [-0.39, 0.29) is 0 Å². The monoisotopic (exact) mass is 235 g/mol. The molecule has 0 fully saturated rings. The van der Waals surface area contributed by atoms with Gasteiger partial charge in [0.05, 0.1) is 18.2 Å². The molecule has 1 aromatic carbocycles. The molecular weight excluding hydrogens is 226 g/mol. The Bertz CT molecular complexity index is 461. The fraction of sp³-hybridized carbons (Fsp3) is 0.182. The van der Waals surface area contributed by atoms with Crippen LogP contribution in [-0.4, -0.2) is 36.7 Å². The predicted octanol–water partition coefficient (Wildman–Crippen LogP) is 1.02. The largest absolute Gasteiger partial charge is 0.509 e. The average molecular weight is 235 g/mol. The van der Waals surface area contributed by atoms with E-state index >= 15 is 0 Å². The van der Waals surface area contributed by atoms with Gasteiger partial charge in [-0.15, -0.1) is 0 Å². The highest BCUT2D eigenvalue weighted by molar-refractivity contribution is 6.21. The molecule has 0 aromatic heterocycles. The Labute approximate surface area is 96.7 Å². The molecule has 6 nitrogen and oxygen atoms in total. The lowest BCUT2D eigenvalue weighted by Crippen LogP contribution is -2.33. The van der Waals surface area contributed by atoms with Crippen molar-refractivity contribution >= 4 is 18.0 Å². The van der Waals surface area contributed by atoms with Crippen LogP contribution in [-0.2, 0) is 9.47 Å². The fourth-order valence-electron chi connectivity index (χ4n) is 1.53. The van der Waals surface area contributed by atoms with Crippen molar-refractivity contribution < 1.29 is 23.9 Å². The molecule has 1 heterocycles. The second kappa shape index (κ2) is 4.25. The summed E-state index contributed by atoms with van der Waals surface area (Å²) in [6.07, 6.45) is -0.943. The van der Waals surface area contributed by atoms with Crippen LogP contribution in [0.4, 0.5) is 4.79 Å². The van der Waals surface area contributed by atoms with E-state index in [4.69, 9.17) is 0 Å². The van der Waals surface area contributed by atoms with Crippen LogP contribution in [0.1, 0.15) is 20.7 Å². The molecule has 0 saturated heterocycles. The second-order valence-corrected chi connectivity index (χ2v) is 3.31. The minimum absolute atomic E-state index is 0.311. The van der Waals surface area contributed by atoms with Gasteiger partial charge in [0, 0.05) is 0 Å². The third-order valence-electron chi connectivity index (χ3n) is 2.36. The number of hydrogen-bond acceptors (Lipinski definition) is 5. The number of amides is 2. The van der Waals surface area contributed by atoms with Crippen LogP contribution in [0.5, 0.6) is 0 Å². The highest BCUT2D eigenvalue weighted by Crippen LogP contribution is 2.21. The summed E-state index contributed by atoms with van der Waals surface area (Å²) in [5.41, 5.74) is 0.622. The number of carbonyl (C=O) groups excluding carboxylic acids is 3. The first-order valence-corrected chi connectivity index (χ1v) is 4.81. The van der Waals surface area contributed by atoms with Crippen LogP contribution in [0.15, 0.2) is 24.3 Å². The zero-order chi connectivity index (χ0) is 12.4. The van der Waals surface area contributed by atoms with Crippen molar-refractivity contribution in [3.05, 3.63) is 35.4 Å². The van der Waals surface area contributed by atoms with Gasteiger partial charge in [-0.25, -0.2) is 9.69 Å². The molecule has 0 unspecified atom stereocenters. The third kappa shape index (κ3) is 1.84. The van der Waals surface area contributed by atoms with Gasteiger partial charge in [0.1, 0.15) is 0 Å². The molecule has 17 heavy (non-hydrogen) atoms. The number of fused-ring (bicyclic) bond motifs is 1. The summed E-state index contributed by atoms with van der Waals surface area (Å²) in [5.74, 6) is -0.955. The Morgan fingerprint density at radius 2 is 1.71 bits per heavy atom. The van der Waals surface area contributed by atoms with E-state index in [1.165, 1.54) is 0 Å². The van der Waals surface area contributed by atoms with E-state index in [2.05, 4.69) is 9.47 Å². The Balaban J connectivity index is 2.16. The van der Waals surface area contributed by atoms with Crippen LogP contribution in [0.2, 0.25) is 0 Å². The maximum atomic E-state index is 11.8. The van der Waals surface area contributed by atoms with Gasteiger partial charge in [-0.3, -0.25) is 9.59 Å². The van der Waals surface area contributed by atoms with E-state index in [0.29, 0.717) is 11.1 Å². The number of methoxy groups -OCH3 is 1. The number of ether oxygens (including phenoxy) is 2.